The smallest absolute Gasteiger partial charge is 0.305 e. The highest BCUT2D eigenvalue weighted by atomic mass is 16.5. The fourth-order valence-corrected chi connectivity index (χ4v) is 5.53. The van der Waals surface area contributed by atoms with Crippen molar-refractivity contribution < 1.29 is 14.3 Å². The van der Waals surface area contributed by atoms with Gasteiger partial charge in [0.2, 0.25) is 0 Å². The number of carbonyl (C=O) groups is 2. The SMILES string of the molecule is C=C1CCC2C(=CCC(COC(=O)CCC)C2CCCC)C1(C)CCCC(C)=O. The first-order chi connectivity index (χ1) is 13.8. The summed E-state index contributed by atoms with van der Waals surface area (Å²) < 4.78 is 5.65. The van der Waals surface area contributed by atoms with Crippen LogP contribution in [0.25, 0.3) is 0 Å². The number of esters is 1. The van der Waals surface area contributed by atoms with Crippen molar-refractivity contribution in [1.29, 1.82) is 0 Å². The van der Waals surface area contributed by atoms with Crippen molar-refractivity contribution in [3.05, 3.63) is 23.8 Å². The van der Waals surface area contributed by atoms with Crippen LogP contribution in [0.15, 0.2) is 23.8 Å². The molecule has 1 saturated carbocycles. The monoisotopic (exact) mass is 402 g/mol. The molecule has 29 heavy (non-hydrogen) atoms. The van der Waals surface area contributed by atoms with Gasteiger partial charge in [0.05, 0.1) is 6.61 Å². The summed E-state index contributed by atoms with van der Waals surface area (Å²) >= 11 is 0. The van der Waals surface area contributed by atoms with Crippen LogP contribution in [0, 0.1) is 23.2 Å². The molecule has 0 radical (unpaired) electrons. The lowest BCUT2D eigenvalue weighted by Crippen LogP contribution is -2.41. The first-order valence-corrected chi connectivity index (χ1v) is 11.9. The van der Waals surface area contributed by atoms with E-state index in [1.165, 1.54) is 31.3 Å². The summed E-state index contributed by atoms with van der Waals surface area (Å²) in [6, 6.07) is 0. The molecule has 0 bridgehead atoms. The Morgan fingerprint density at radius 3 is 2.62 bits per heavy atom. The lowest BCUT2D eigenvalue weighted by molar-refractivity contribution is -0.146. The summed E-state index contributed by atoms with van der Waals surface area (Å²) in [5.41, 5.74) is 2.92. The van der Waals surface area contributed by atoms with E-state index in [0.29, 0.717) is 37.2 Å². The quantitative estimate of drug-likeness (QED) is 0.281. The zero-order chi connectivity index (χ0) is 21.4. The second-order valence-electron chi connectivity index (χ2n) is 9.53. The van der Waals surface area contributed by atoms with Crippen LogP contribution in [0.3, 0.4) is 0 Å². The molecular weight excluding hydrogens is 360 g/mol. The van der Waals surface area contributed by atoms with Crippen LogP contribution in [0.5, 0.6) is 0 Å². The maximum atomic E-state index is 11.9. The van der Waals surface area contributed by atoms with Crippen LogP contribution >= 0.6 is 0 Å². The molecule has 1 fully saturated rings. The van der Waals surface area contributed by atoms with Crippen LogP contribution in [-0.4, -0.2) is 18.4 Å². The van der Waals surface area contributed by atoms with Crippen molar-refractivity contribution in [2.75, 3.05) is 6.61 Å². The first-order valence-electron chi connectivity index (χ1n) is 11.9. The Balaban J connectivity index is 2.19. The first kappa shape index (κ1) is 23.9. The van der Waals surface area contributed by atoms with E-state index in [2.05, 4.69) is 26.5 Å². The second-order valence-corrected chi connectivity index (χ2v) is 9.53. The molecule has 0 aromatic carbocycles. The third kappa shape index (κ3) is 6.06. The fourth-order valence-electron chi connectivity index (χ4n) is 5.53. The Labute approximate surface area is 178 Å². The van der Waals surface area contributed by atoms with Crippen molar-refractivity contribution >= 4 is 11.8 Å². The molecule has 0 spiro atoms. The maximum Gasteiger partial charge on any atom is 0.305 e. The van der Waals surface area contributed by atoms with E-state index in [4.69, 9.17) is 4.74 Å². The van der Waals surface area contributed by atoms with E-state index in [0.717, 1.165) is 32.1 Å². The Bertz CT molecular complexity index is 617. The second kappa shape index (κ2) is 11.1. The molecule has 4 unspecified atom stereocenters. The van der Waals surface area contributed by atoms with E-state index >= 15 is 0 Å². The minimum atomic E-state index is -0.0531. The van der Waals surface area contributed by atoms with Crippen molar-refractivity contribution in [3.63, 3.8) is 0 Å². The maximum absolute atomic E-state index is 11.9. The largest absolute Gasteiger partial charge is 0.465 e. The minimum absolute atomic E-state index is 0.0205. The van der Waals surface area contributed by atoms with Gasteiger partial charge < -0.3 is 9.53 Å². The molecule has 0 amide bonds. The Kier molecular flexibility index (Phi) is 9.17. The van der Waals surface area contributed by atoms with Gasteiger partial charge >= 0.3 is 5.97 Å². The standard InChI is InChI=1S/C26H42O3/c1-6-8-12-22-21(18-29-25(28)10-7-2)14-16-24-23(22)15-13-19(3)26(24,5)17-9-11-20(4)27/h16,21-23H,3,6-15,17-18H2,1-2,4-5H3. The predicted molar refractivity (Wildman–Crippen MR) is 120 cm³/mol. The van der Waals surface area contributed by atoms with Crippen molar-refractivity contribution in [2.24, 2.45) is 23.2 Å². The van der Waals surface area contributed by atoms with Crippen LogP contribution in [0.2, 0.25) is 0 Å². The molecule has 4 atom stereocenters. The highest BCUT2D eigenvalue weighted by Crippen LogP contribution is 2.56. The van der Waals surface area contributed by atoms with Crippen molar-refractivity contribution in [3.8, 4) is 0 Å². The number of hydrogen-bond donors (Lipinski definition) is 0. The summed E-state index contributed by atoms with van der Waals surface area (Å²) in [6.45, 7) is 13.3. The number of rotatable bonds is 11. The highest BCUT2D eigenvalue weighted by Gasteiger charge is 2.45. The molecule has 2 aliphatic carbocycles. The molecule has 2 rings (SSSR count). The van der Waals surface area contributed by atoms with Gasteiger partial charge in [-0.25, -0.2) is 0 Å². The van der Waals surface area contributed by atoms with Crippen LogP contribution in [-0.2, 0) is 14.3 Å². The van der Waals surface area contributed by atoms with Gasteiger partial charge in [0.1, 0.15) is 5.78 Å². The number of allylic oxidation sites excluding steroid dienone is 3. The topological polar surface area (TPSA) is 43.4 Å². The number of unbranched alkanes of at least 4 members (excludes halogenated alkanes) is 1. The van der Waals surface area contributed by atoms with Gasteiger partial charge in [-0.1, -0.05) is 57.4 Å². The highest BCUT2D eigenvalue weighted by molar-refractivity contribution is 5.75. The number of fused-ring (bicyclic) bond motifs is 1. The number of ether oxygens (including phenoxy) is 1. The lowest BCUT2D eigenvalue weighted by Gasteiger charge is -2.50. The minimum Gasteiger partial charge on any atom is -0.465 e. The zero-order valence-corrected chi connectivity index (χ0v) is 19.2. The predicted octanol–water partition coefficient (Wildman–Crippen LogP) is 6.81. The normalized spacial score (nSPS) is 29.2. The van der Waals surface area contributed by atoms with Gasteiger partial charge in [-0.3, -0.25) is 4.79 Å². The Morgan fingerprint density at radius 1 is 1.21 bits per heavy atom. The number of hydrogen-bond acceptors (Lipinski definition) is 3. The van der Waals surface area contributed by atoms with E-state index < -0.39 is 0 Å². The number of ketones is 1. The van der Waals surface area contributed by atoms with E-state index in [1.54, 1.807) is 12.5 Å². The van der Waals surface area contributed by atoms with Gasteiger partial charge in [-0.05, 0) is 69.6 Å². The molecule has 0 aliphatic heterocycles. The van der Waals surface area contributed by atoms with Gasteiger partial charge in [-0.2, -0.15) is 0 Å². The lowest BCUT2D eigenvalue weighted by atomic mass is 9.55. The molecule has 164 valence electrons. The average Bonchev–Trinajstić information content (AvgIpc) is 2.68. The molecule has 2 aliphatic rings. The van der Waals surface area contributed by atoms with Crippen molar-refractivity contribution in [1.82, 2.24) is 0 Å². The van der Waals surface area contributed by atoms with Crippen LogP contribution < -0.4 is 0 Å². The zero-order valence-electron chi connectivity index (χ0n) is 19.2. The van der Waals surface area contributed by atoms with E-state index in [9.17, 15) is 9.59 Å². The third-order valence-electron chi connectivity index (χ3n) is 7.35. The van der Waals surface area contributed by atoms with Gasteiger partial charge in [0.25, 0.3) is 0 Å². The molecule has 0 saturated heterocycles. The number of Topliss-reactive ketones (excluding diaryl/α,β-unsaturated/α-hetero) is 1. The molecule has 0 aromatic heterocycles. The average molecular weight is 403 g/mol. The van der Waals surface area contributed by atoms with E-state index in [1.807, 2.05) is 6.92 Å². The summed E-state index contributed by atoms with van der Waals surface area (Å²) in [5.74, 6) is 1.81. The molecule has 0 aromatic rings. The van der Waals surface area contributed by atoms with Gasteiger partial charge in [0.15, 0.2) is 0 Å². The molecule has 3 heteroatoms. The van der Waals surface area contributed by atoms with E-state index in [-0.39, 0.29) is 17.2 Å². The summed E-state index contributed by atoms with van der Waals surface area (Å²) in [7, 11) is 0. The molecule has 0 N–H and O–H groups in total. The van der Waals surface area contributed by atoms with Crippen molar-refractivity contribution in [2.45, 2.75) is 98.3 Å². The molecular formula is C26H42O3. The van der Waals surface area contributed by atoms with Gasteiger partial charge in [-0.15, -0.1) is 0 Å². The molecule has 0 heterocycles. The molecule has 3 nitrogen and oxygen atoms in total. The fraction of sp³-hybridized carbons (Fsp3) is 0.769. The van der Waals surface area contributed by atoms with Gasteiger partial charge in [0, 0.05) is 18.3 Å². The summed E-state index contributed by atoms with van der Waals surface area (Å²) in [6.07, 6.45) is 13.3. The number of carbonyl (C=O) groups excluding carboxylic acids is 2. The Hall–Kier alpha value is -1.38. The summed E-state index contributed by atoms with van der Waals surface area (Å²) in [5, 5.41) is 0. The summed E-state index contributed by atoms with van der Waals surface area (Å²) in [4.78, 5) is 23.4. The van der Waals surface area contributed by atoms with Crippen LogP contribution in [0.4, 0.5) is 0 Å². The Morgan fingerprint density at radius 2 is 1.97 bits per heavy atom. The van der Waals surface area contributed by atoms with Crippen LogP contribution in [0.1, 0.15) is 98.3 Å². The third-order valence-corrected chi connectivity index (χ3v) is 7.35.